The summed E-state index contributed by atoms with van der Waals surface area (Å²) in [5.41, 5.74) is 3.62. The van der Waals surface area contributed by atoms with Gasteiger partial charge < -0.3 is 15.5 Å². The van der Waals surface area contributed by atoms with Gasteiger partial charge in [-0.15, -0.1) is 0 Å². The number of aryl methyl sites for hydroxylation is 2. The first-order valence-corrected chi connectivity index (χ1v) is 8.32. The van der Waals surface area contributed by atoms with Crippen molar-refractivity contribution in [2.75, 3.05) is 33.7 Å². The molecule has 0 amide bonds. The molecule has 0 bridgehead atoms. The predicted molar refractivity (Wildman–Crippen MR) is 97.8 cm³/mol. The third kappa shape index (κ3) is 6.22. The summed E-state index contributed by atoms with van der Waals surface area (Å²) in [7, 11) is 6.19. The highest BCUT2D eigenvalue weighted by atomic mass is 15.3. The number of hydrogen-bond acceptors (Lipinski definition) is 3. The maximum atomic E-state index is 4.73. The van der Waals surface area contributed by atoms with Gasteiger partial charge in [0.25, 0.3) is 0 Å². The Labute approximate surface area is 141 Å². The molecule has 6 nitrogen and oxygen atoms in total. The summed E-state index contributed by atoms with van der Waals surface area (Å²) >= 11 is 0. The van der Waals surface area contributed by atoms with Gasteiger partial charge in [-0.2, -0.15) is 5.10 Å². The van der Waals surface area contributed by atoms with Crippen LogP contribution in [0.2, 0.25) is 0 Å². The van der Waals surface area contributed by atoms with E-state index in [1.54, 1.807) is 0 Å². The Morgan fingerprint density at radius 1 is 1.26 bits per heavy atom. The van der Waals surface area contributed by atoms with Crippen molar-refractivity contribution in [1.82, 2.24) is 25.3 Å². The monoisotopic (exact) mass is 322 g/mol. The van der Waals surface area contributed by atoms with Crippen molar-refractivity contribution in [2.24, 2.45) is 17.5 Å². The summed E-state index contributed by atoms with van der Waals surface area (Å²) < 4.78 is 1.92. The molecule has 0 radical (unpaired) electrons. The van der Waals surface area contributed by atoms with Crippen LogP contribution in [-0.4, -0.2) is 54.4 Å². The number of guanidine groups is 1. The van der Waals surface area contributed by atoms with E-state index in [1.807, 2.05) is 18.7 Å². The highest BCUT2D eigenvalue weighted by Crippen LogP contribution is 2.15. The molecule has 0 aliphatic heterocycles. The van der Waals surface area contributed by atoms with Crippen molar-refractivity contribution in [3.8, 4) is 0 Å². The van der Waals surface area contributed by atoms with Gasteiger partial charge in [0.15, 0.2) is 5.96 Å². The lowest BCUT2D eigenvalue weighted by molar-refractivity contribution is 0.241. The average Bonchev–Trinajstić information content (AvgIpc) is 2.66. The van der Waals surface area contributed by atoms with Crippen molar-refractivity contribution in [2.45, 2.75) is 41.2 Å². The number of aliphatic imine (C=N–C) groups is 1. The molecule has 0 aliphatic carbocycles. The molecular weight excluding hydrogens is 288 g/mol. The molecule has 1 aromatic rings. The predicted octanol–water partition coefficient (Wildman–Crippen LogP) is 1.68. The fourth-order valence-electron chi connectivity index (χ4n) is 2.78. The van der Waals surface area contributed by atoms with Crippen molar-refractivity contribution in [3.05, 3.63) is 17.0 Å². The highest BCUT2D eigenvalue weighted by molar-refractivity contribution is 5.79. The zero-order chi connectivity index (χ0) is 17.6. The third-order valence-corrected chi connectivity index (χ3v) is 3.88. The molecule has 0 atom stereocenters. The molecule has 0 aromatic carbocycles. The number of aromatic nitrogens is 2. The van der Waals surface area contributed by atoms with Gasteiger partial charge in [-0.25, -0.2) is 4.99 Å². The second-order valence-electron chi connectivity index (χ2n) is 7.22. The van der Waals surface area contributed by atoms with E-state index in [4.69, 9.17) is 4.99 Å². The molecule has 0 saturated heterocycles. The van der Waals surface area contributed by atoms with Gasteiger partial charge in [0.05, 0.1) is 12.2 Å². The first-order valence-electron chi connectivity index (χ1n) is 8.32. The van der Waals surface area contributed by atoms with Crippen molar-refractivity contribution in [1.29, 1.82) is 0 Å². The number of nitrogens with zero attached hydrogens (tertiary/aromatic N) is 4. The lowest BCUT2D eigenvalue weighted by atomic mass is 9.93. The van der Waals surface area contributed by atoms with Gasteiger partial charge in [-0.05, 0) is 40.3 Å². The second-order valence-corrected chi connectivity index (χ2v) is 7.22. The molecule has 1 heterocycles. The Balaban J connectivity index is 2.74. The average molecular weight is 323 g/mol. The van der Waals surface area contributed by atoms with E-state index in [2.05, 4.69) is 62.4 Å². The third-order valence-electron chi connectivity index (χ3n) is 3.88. The van der Waals surface area contributed by atoms with E-state index in [0.717, 1.165) is 31.3 Å². The molecule has 0 fully saturated rings. The molecule has 1 aromatic heterocycles. The van der Waals surface area contributed by atoms with Crippen LogP contribution in [0, 0.1) is 19.3 Å². The molecule has 0 aliphatic rings. The Morgan fingerprint density at radius 3 is 2.39 bits per heavy atom. The smallest absolute Gasteiger partial charge is 0.191 e. The maximum Gasteiger partial charge on any atom is 0.191 e. The fraction of sp³-hybridized carbons (Fsp3) is 0.765. The van der Waals surface area contributed by atoms with Crippen LogP contribution in [0.15, 0.2) is 4.99 Å². The van der Waals surface area contributed by atoms with Gasteiger partial charge in [0.2, 0.25) is 0 Å². The lowest BCUT2D eigenvalue weighted by Crippen LogP contribution is -2.44. The molecule has 1 rings (SSSR count). The van der Waals surface area contributed by atoms with Crippen LogP contribution >= 0.6 is 0 Å². The van der Waals surface area contributed by atoms with Crippen LogP contribution < -0.4 is 10.6 Å². The largest absolute Gasteiger partial charge is 0.357 e. The summed E-state index contributed by atoms with van der Waals surface area (Å²) in [6.07, 6.45) is 0. The van der Waals surface area contributed by atoms with E-state index in [9.17, 15) is 0 Å². The van der Waals surface area contributed by atoms with Crippen molar-refractivity contribution >= 4 is 5.96 Å². The highest BCUT2D eigenvalue weighted by Gasteiger charge is 2.19. The summed E-state index contributed by atoms with van der Waals surface area (Å²) in [5, 5.41) is 11.2. The number of hydrogen-bond donors (Lipinski definition) is 2. The van der Waals surface area contributed by atoms with Gasteiger partial charge in [-0.3, -0.25) is 4.68 Å². The standard InChI is InChI=1S/C17H34N6/c1-9-18-16(20-11-17(4,5)12-22(6)7)19-10-15-13(2)21-23(8)14(15)3/h9-12H2,1-8H3,(H2,18,19,20). The van der Waals surface area contributed by atoms with Crippen LogP contribution in [0.3, 0.4) is 0 Å². The summed E-state index contributed by atoms with van der Waals surface area (Å²) in [6, 6.07) is 0. The fourth-order valence-corrected chi connectivity index (χ4v) is 2.78. The first-order chi connectivity index (χ1) is 10.7. The number of nitrogens with one attached hydrogen (secondary N) is 2. The second kappa shape index (κ2) is 8.34. The van der Waals surface area contributed by atoms with Gasteiger partial charge in [0.1, 0.15) is 0 Å². The maximum absolute atomic E-state index is 4.73. The Morgan fingerprint density at radius 2 is 1.91 bits per heavy atom. The summed E-state index contributed by atoms with van der Waals surface area (Å²) in [6.45, 7) is 14.1. The molecule has 0 unspecified atom stereocenters. The molecule has 2 N–H and O–H groups in total. The Bertz CT molecular complexity index is 527. The molecule has 23 heavy (non-hydrogen) atoms. The Kier molecular flexibility index (Phi) is 7.06. The lowest BCUT2D eigenvalue weighted by Gasteiger charge is -2.29. The molecule has 0 spiro atoms. The van der Waals surface area contributed by atoms with Crippen molar-refractivity contribution in [3.63, 3.8) is 0 Å². The zero-order valence-electron chi connectivity index (χ0n) is 16.1. The van der Waals surface area contributed by atoms with Crippen LogP contribution in [0.25, 0.3) is 0 Å². The SMILES string of the molecule is CCNC(=NCc1c(C)nn(C)c1C)NCC(C)(C)CN(C)C. The van der Waals surface area contributed by atoms with Gasteiger partial charge in [0, 0.05) is 37.9 Å². The molecule has 6 heteroatoms. The topological polar surface area (TPSA) is 57.5 Å². The van der Waals surface area contributed by atoms with Crippen LogP contribution in [0.1, 0.15) is 37.7 Å². The van der Waals surface area contributed by atoms with E-state index in [-0.39, 0.29) is 5.41 Å². The van der Waals surface area contributed by atoms with Crippen LogP contribution in [0.4, 0.5) is 0 Å². The quantitative estimate of drug-likeness (QED) is 0.592. The van der Waals surface area contributed by atoms with Gasteiger partial charge in [-0.1, -0.05) is 13.8 Å². The molecular formula is C17H34N6. The first kappa shape index (κ1) is 19.5. The summed E-state index contributed by atoms with van der Waals surface area (Å²) in [4.78, 5) is 6.94. The minimum Gasteiger partial charge on any atom is -0.357 e. The molecule has 0 saturated carbocycles. The van der Waals surface area contributed by atoms with E-state index in [1.165, 1.54) is 11.3 Å². The van der Waals surface area contributed by atoms with Crippen LogP contribution in [-0.2, 0) is 13.6 Å². The zero-order valence-corrected chi connectivity index (χ0v) is 16.1. The van der Waals surface area contributed by atoms with Gasteiger partial charge >= 0.3 is 0 Å². The normalized spacial score (nSPS) is 12.8. The van der Waals surface area contributed by atoms with Crippen LogP contribution in [0.5, 0.6) is 0 Å². The van der Waals surface area contributed by atoms with E-state index in [0.29, 0.717) is 6.54 Å². The minimum atomic E-state index is 0.180. The minimum absolute atomic E-state index is 0.180. The number of rotatable bonds is 7. The summed E-state index contributed by atoms with van der Waals surface area (Å²) in [5.74, 6) is 0.863. The van der Waals surface area contributed by atoms with E-state index >= 15 is 0 Å². The van der Waals surface area contributed by atoms with Crippen molar-refractivity contribution < 1.29 is 0 Å². The Hall–Kier alpha value is -1.56. The molecule has 132 valence electrons. The van der Waals surface area contributed by atoms with E-state index < -0.39 is 0 Å².